The molecule has 1 fully saturated rings. The Morgan fingerprint density at radius 3 is 1.72 bits per heavy atom. The summed E-state index contributed by atoms with van der Waals surface area (Å²) in [5, 5.41) is 40.9. The number of non-ortho nitro benzene ring substituents is 1. The van der Waals surface area contributed by atoms with E-state index in [1.54, 1.807) is 27.7 Å². The van der Waals surface area contributed by atoms with Crippen LogP contribution in [0.4, 0.5) is 5.69 Å². The van der Waals surface area contributed by atoms with Crippen LogP contribution in [0.25, 0.3) is 0 Å². The largest absolute Gasteiger partial charge is 0.394 e. The molecule has 29 heteroatoms. The molecular formula is C47H74N14O15. The predicted molar refractivity (Wildman–Crippen MR) is 269 cm³/mol. The smallest absolute Gasteiger partial charge is 0.269 e. The van der Waals surface area contributed by atoms with Gasteiger partial charge in [-0.1, -0.05) is 39.8 Å². The number of hydrogen-bond donors (Lipinski definition) is 13. The van der Waals surface area contributed by atoms with Gasteiger partial charge in [-0.3, -0.25) is 67.6 Å². The van der Waals surface area contributed by atoms with Crippen LogP contribution in [0.2, 0.25) is 0 Å². The topological polar surface area (TPSA) is 472 Å². The molecule has 76 heavy (non-hydrogen) atoms. The third-order valence-corrected chi connectivity index (χ3v) is 12.1. The van der Waals surface area contributed by atoms with Gasteiger partial charge in [0, 0.05) is 38.4 Å². The average molecular weight is 1080 g/mol. The number of aliphatic hydroxyl groups is 1. The Kier molecular flexibility index (Phi) is 26.4. The summed E-state index contributed by atoms with van der Waals surface area (Å²) in [7, 11) is 0. The van der Waals surface area contributed by atoms with E-state index in [1.807, 2.05) is 0 Å². The maximum absolute atomic E-state index is 14.6. The predicted octanol–water partition coefficient (Wildman–Crippen LogP) is -4.89. The maximum atomic E-state index is 14.6. The van der Waals surface area contributed by atoms with Gasteiger partial charge in [0.2, 0.25) is 70.9 Å². The lowest BCUT2D eigenvalue weighted by Gasteiger charge is -2.32. The lowest BCUT2D eigenvalue weighted by molar-refractivity contribution is -0.384. The van der Waals surface area contributed by atoms with Crippen LogP contribution in [-0.4, -0.2) is 160 Å². The van der Waals surface area contributed by atoms with E-state index in [9.17, 15) is 72.8 Å². The fourth-order valence-corrected chi connectivity index (χ4v) is 7.95. The number of carbonyl (C=O) groups is 12. The van der Waals surface area contributed by atoms with E-state index in [0.29, 0.717) is 19.4 Å². The molecule has 0 unspecified atom stereocenters. The van der Waals surface area contributed by atoms with E-state index in [0.717, 1.165) is 17.0 Å². The number of nitrogens with one attached hydrogen (secondary N) is 8. The number of likely N-dealkylation sites (tertiary alicyclic amines) is 1. The van der Waals surface area contributed by atoms with Gasteiger partial charge in [0.1, 0.15) is 54.4 Å². The first-order valence-electron chi connectivity index (χ1n) is 24.7. The van der Waals surface area contributed by atoms with Gasteiger partial charge < -0.3 is 75.5 Å². The Morgan fingerprint density at radius 2 is 1.20 bits per heavy atom. The van der Waals surface area contributed by atoms with Crippen molar-refractivity contribution in [3.05, 3.63) is 39.9 Å². The van der Waals surface area contributed by atoms with Crippen LogP contribution in [-0.2, 0) is 64.0 Å². The Morgan fingerprint density at radius 1 is 0.658 bits per heavy atom. The van der Waals surface area contributed by atoms with Crippen molar-refractivity contribution in [1.82, 2.24) is 47.4 Å². The molecule has 0 spiro atoms. The second-order valence-corrected chi connectivity index (χ2v) is 19.1. The standard InChI is InChI=1S/C47H74N14O15/c1-23(2)37(39(51)66)58-46(73)38(24(3)4)59-45(72)34-11-9-19-60(34)47(74)32(20-27-12-14-28(15-13-27)61(75)76)56-43(70)31(21-36(50)65)55-42(69)30(16-17-35(49)64)54-44(71)33(22-62)57-40(67)25(5)52-41(68)29(53-26(6)63)10-7-8-18-48/h12-15,23-25,29-34,37-38,62H,7-11,16-22,48H2,1-6H3,(H2,49,64)(H2,50,65)(H2,51,66)(H,52,68)(H,53,63)(H,54,71)(H,55,69)(H,56,70)(H,57,67)(H,58,73)(H,59,72)/t25-,29-,30-,31-,32-,33-,34-,37-,38-/m0/s1. The number of primary amides is 3. The Hall–Kier alpha value is -7.82. The first kappa shape index (κ1) is 64.3. The molecule has 2 rings (SSSR count). The van der Waals surface area contributed by atoms with E-state index in [4.69, 9.17) is 22.9 Å². The third kappa shape index (κ3) is 20.8. The van der Waals surface area contributed by atoms with E-state index >= 15 is 0 Å². The molecule has 0 aliphatic carbocycles. The van der Waals surface area contributed by atoms with E-state index < -0.39 is 168 Å². The molecule has 422 valence electrons. The van der Waals surface area contributed by atoms with Crippen molar-refractivity contribution in [2.75, 3.05) is 19.7 Å². The van der Waals surface area contributed by atoms with Crippen molar-refractivity contribution in [3.8, 4) is 0 Å². The third-order valence-electron chi connectivity index (χ3n) is 12.1. The van der Waals surface area contributed by atoms with Gasteiger partial charge in [-0.25, -0.2) is 0 Å². The number of rotatable bonds is 32. The lowest BCUT2D eigenvalue weighted by Crippen LogP contribution is -2.61. The van der Waals surface area contributed by atoms with Crippen molar-refractivity contribution in [1.29, 1.82) is 0 Å². The number of amides is 12. The first-order chi connectivity index (χ1) is 35.6. The van der Waals surface area contributed by atoms with Crippen LogP contribution in [0.5, 0.6) is 0 Å². The molecule has 0 bridgehead atoms. The molecule has 9 atom stereocenters. The molecule has 12 amide bonds. The molecule has 1 aromatic carbocycles. The van der Waals surface area contributed by atoms with E-state index in [2.05, 4.69) is 42.5 Å². The summed E-state index contributed by atoms with van der Waals surface area (Å²) in [6.07, 6.45) is -0.770. The zero-order valence-corrected chi connectivity index (χ0v) is 43.5. The lowest BCUT2D eigenvalue weighted by atomic mass is 9.99. The van der Waals surface area contributed by atoms with Crippen LogP contribution in [0.3, 0.4) is 0 Å². The van der Waals surface area contributed by atoms with Crippen LogP contribution < -0.4 is 65.5 Å². The summed E-state index contributed by atoms with van der Waals surface area (Å²) in [5.41, 5.74) is 21.8. The number of nitrogens with zero attached hydrogens (tertiary/aromatic N) is 2. The normalized spacial score (nSPS) is 16.2. The highest BCUT2D eigenvalue weighted by molar-refractivity contribution is 5.99. The van der Waals surface area contributed by atoms with Crippen LogP contribution >= 0.6 is 0 Å². The van der Waals surface area contributed by atoms with Crippen LogP contribution in [0, 0.1) is 22.0 Å². The Bertz CT molecular complexity index is 2280. The van der Waals surface area contributed by atoms with E-state index in [1.165, 1.54) is 26.0 Å². The van der Waals surface area contributed by atoms with Gasteiger partial charge in [-0.2, -0.15) is 0 Å². The van der Waals surface area contributed by atoms with Gasteiger partial charge in [-0.15, -0.1) is 0 Å². The molecule has 29 nitrogen and oxygen atoms in total. The van der Waals surface area contributed by atoms with Crippen molar-refractivity contribution in [2.24, 2.45) is 34.8 Å². The highest BCUT2D eigenvalue weighted by Crippen LogP contribution is 2.22. The molecule has 1 saturated heterocycles. The molecule has 1 heterocycles. The minimum Gasteiger partial charge on any atom is -0.394 e. The molecule has 1 aliphatic rings. The number of nitro groups is 1. The summed E-state index contributed by atoms with van der Waals surface area (Å²) in [4.78, 5) is 170. The number of benzene rings is 1. The fourth-order valence-electron chi connectivity index (χ4n) is 7.95. The molecule has 0 radical (unpaired) electrons. The van der Waals surface area contributed by atoms with Gasteiger partial charge >= 0.3 is 0 Å². The van der Waals surface area contributed by atoms with Crippen molar-refractivity contribution >= 4 is 76.6 Å². The Balaban J connectivity index is 2.44. The monoisotopic (exact) mass is 1070 g/mol. The number of nitro benzene ring substituents is 1. The summed E-state index contributed by atoms with van der Waals surface area (Å²) >= 11 is 0. The summed E-state index contributed by atoms with van der Waals surface area (Å²) in [6, 6.07) is -7.99. The molecule has 0 aromatic heterocycles. The van der Waals surface area contributed by atoms with E-state index in [-0.39, 0.29) is 43.5 Å². The number of hydrogen-bond acceptors (Lipinski definition) is 16. The Labute approximate surface area is 438 Å². The van der Waals surface area contributed by atoms with Gasteiger partial charge in [0.05, 0.1) is 18.0 Å². The summed E-state index contributed by atoms with van der Waals surface area (Å²) in [5.74, 6) is -12.0. The second kappa shape index (κ2) is 31.2. The van der Waals surface area contributed by atoms with Gasteiger partial charge in [0.15, 0.2) is 0 Å². The molecule has 17 N–H and O–H groups in total. The number of nitrogens with two attached hydrogens (primary N) is 4. The first-order valence-corrected chi connectivity index (χ1v) is 24.7. The van der Waals surface area contributed by atoms with Crippen LogP contribution in [0.1, 0.15) is 98.5 Å². The summed E-state index contributed by atoms with van der Waals surface area (Å²) < 4.78 is 0. The molecule has 1 aliphatic heterocycles. The van der Waals surface area contributed by atoms with Gasteiger partial charge in [-0.05, 0) is 69.4 Å². The minimum atomic E-state index is -1.90. The van der Waals surface area contributed by atoms with Crippen molar-refractivity contribution < 1.29 is 67.6 Å². The highest BCUT2D eigenvalue weighted by atomic mass is 16.6. The second-order valence-electron chi connectivity index (χ2n) is 19.1. The number of unbranched alkanes of at least 4 members (excludes halogenated alkanes) is 1. The van der Waals surface area contributed by atoms with Gasteiger partial charge in [0.25, 0.3) is 5.69 Å². The van der Waals surface area contributed by atoms with Crippen molar-refractivity contribution in [2.45, 2.75) is 154 Å². The molecule has 1 aromatic rings. The van der Waals surface area contributed by atoms with Crippen LogP contribution in [0.15, 0.2) is 24.3 Å². The molecule has 0 saturated carbocycles. The maximum Gasteiger partial charge on any atom is 0.269 e. The zero-order chi connectivity index (χ0) is 57.6. The number of aliphatic hydroxyl groups excluding tert-OH is 1. The summed E-state index contributed by atoms with van der Waals surface area (Å²) in [6.45, 7) is 8.30. The fraction of sp³-hybridized carbons (Fsp3) is 0.617. The molecular weight excluding hydrogens is 1000 g/mol. The highest BCUT2D eigenvalue weighted by Gasteiger charge is 2.41. The SMILES string of the molecule is CC(=O)N[C@@H](CCCCN)C(=O)N[C@@H](C)C(=O)N[C@@H](CO)C(=O)N[C@@H](CCC(N)=O)C(=O)N[C@@H](CC(N)=O)C(=O)N[C@@H](Cc1ccc([N+](=O)[O-])cc1)C(=O)N1CCC[C@H]1C(=O)N[C@H](C(=O)N[C@H](C(N)=O)C(C)C)C(C)C. The minimum absolute atomic E-state index is 0.0284. The number of carbonyl (C=O) groups excluding carboxylic acids is 12. The quantitative estimate of drug-likeness (QED) is 0.0183. The average Bonchev–Trinajstić information content (AvgIpc) is 3.84. The van der Waals surface area contributed by atoms with Crippen molar-refractivity contribution in [3.63, 3.8) is 0 Å². The zero-order valence-electron chi connectivity index (χ0n) is 43.5.